The van der Waals surface area contributed by atoms with Gasteiger partial charge in [-0.05, 0) is 57.7 Å². The SMILES string of the molecule is CC1CCCN(c2nn3c(C(=O)NCCCN4CCCCCC4)cc(=O)nc3s2)C1. The van der Waals surface area contributed by atoms with Crippen LogP contribution in [0.4, 0.5) is 5.13 Å². The van der Waals surface area contributed by atoms with Crippen LogP contribution in [0, 0.1) is 5.92 Å². The van der Waals surface area contributed by atoms with Crippen LogP contribution in [0.2, 0.25) is 0 Å². The second kappa shape index (κ2) is 9.87. The molecule has 0 bridgehead atoms. The highest BCUT2D eigenvalue weighted by atomic mass is 32.1. The van der Waals surface area contributed by atoms with Gasteiger partial charge in [0.1, 0.15) is 5.69 Å². The average Bonchev–Trinajstić information content (AvgIpc) is 2.98. The average molecular weight is 433 g/mol. The van der Waals surface area contributed by atoms with E-state index in [1.807, 2.05) is 0 Å². The Morgan fingerprint density at radius 1 is 1.20 bits per heavy atom. The summed E-state index contributed by atoms with van der Waals surface area (Å²) in [6.45, 7) is 8.05. The Bertz CT molecular complexity index is 918. The Balaban J connectivity index is 1.40. The Hall–Kier alpha value is -2.00. The quantitative estimate of drug-likeness (QED) is 0.706. The van der Waals surface area contributed by atoms with Gasteiger partial charge in [-0.3, -0.25) is 9.59 Å². The zero-order valence-corrected chi connectivity index (χ0v) is 18.6. The van der Waals surface area contributed by atoms with E-state index in [0.717, 1.165) is 50.7 Å². The number of aromatic nitrogens is 3. The van der Waals surface area contributed by atoms with Gasteiger partial charge in [0.2, 0.25) is 10.1 Å². The van der Waals surface area contributed by atoms with Gasteiger partial charge in [0, 0.05) is 25.7 Å². The molecule has 2 aromatic rings. The number of piperidine rings is 1. The minimum absolute atomic E-state index is 0.260. The molecule has 8 nitrogen and oxygen atoms in total. The molecule has 1 unspecified atom stereocenters. The molecule has 1 atom stereocenters. The fourth-order valence-electron chi connectivity index (χ4n) is 4.41. The van der Waals surface area contributed by atoms with E-state index in [-0.39, 0.29) is 11.6 Å². The van der Waals surface area contributed by atoms with Crippen LogP contribution in [0.25, 0.3) is 4.96 Å². The Labute approximate surface area is 181 Å². The highest BCUT2D eigenvalue weighted by Crippen LogP contribution is 2.27. The minimum atomic E-state index is -0.396. The fraction of sp³-hybridized carbons (Fsp3) is 0.714. The molecule has 4 rings (SSSR count). The maximum Gasteiger partial charge on any atom is 0.274 e. The maximum atomic E-state index is 12.8. The number of carbonyl (C=O) groups excluding carboxylic acids is 1. The maximum absolute atomic E-state index is 12.8. The second-order valence-electron chi connectivity index (χ2n) is 8.62. The van der Waals surface area contributed by atoms with Crippen molar-refractivity contribution in [2.75, 3.05) is 44.2 Å². The molecule has 2 saturated heterocycles. The van der Waals surface area contributed by atoms with Crippen LogP contribution < -0.4 is 15.8 Å². The van der Waals surface area contributed by atoms with E-state index in [0.29, 0.717) is 17.4 Å². The summed E-state index contributed by atoms with van der Waals surface area (Å²) >= 11 is 1.38. The standard InChI is InChI=1S/C21H32N6O2S/c1-16-8-6-13-26(15-16)21-24-27-17(14-18(28)23-20(27)30-21)19(29)22-9-7-12-25-10-4-2-3-5-11-25/h14,16H,2-13,15H2,1H3,(H,22,29). The largest absolute Gasteiger partial charge is 0.351 e. The predicted octanol–water partition coefficient (Wildman–Crippen LogP) is 2.38. The van der Waals surface area contributed by atoms with E-state index in [1.165, 1.54) is 54.0 Å². The highest BCUT2D eigenvalue weighted by molar-refractivity contribution is 7.20. The van der Waals surface area contributed by atoms with E-state index < -0.39 is 5.56 Å². The van der Waals surface area contributed by atoms with Gasteiger partial charge < -0.3 is 15.1 Å². The van der Waals surface area contributed by atoms with Crippen LogP contribution in [0.15, 0.2) is 10.9 Å². The molecule has 164 valence electrons. The molecule has 0 aromatic carbocycles. The molecule has 9 heteroatoms. The van der Waals surface area contributed by atoms with Crippen molar-refractivity contribution < 1.29 is 4.79 Å². The zero-order chi connectivity index (χ0) is 20.9. The summed E-state index contributed by atoms with van der Waals surface area (Å²) in [5.74, 6) is 0.356. The van der Waals surface area contributed by atoms with Crippen LogP contribution in [0.1, 0.15) is 62.4 Å². The van der Waals surface area contributed by atoms with Gasteiger partial charge in [-0.1, -0.05) is 31.1 Å². The molecule has 2 aliphatic rings. The molecule has 2 aliphatic heterocycles. The number of nitrogens with zero attached hydrogens (tertiary/aromatic N) is 5. The van der Waals surface area contributed by atoms with Crippen LogP contribution in [-0.4, -0.2) is 64.7 Å². The van der Waals surface area contributed by atoms with Crippen LogP contribution >= 0.6 is 11.3 Å². The van der Waals surface area contributed by atoms with E-state index in [2.05, 4.69) is 32.1 Å². The molecule has 0 radical (unpaired) electrons. The number of carbonyl (C=O) groups is 1. The monoisotopic (exact) mass is 432 g/mol. The number of rotatable bonds is 6. The number of amides is 1. The first-order valence-corrected chi connectivity index (χ1v) is 12.1. The summed E-state index contributed by atoms with van der Waals surface area (Å²) in [4.78, 5) is 34.1. The fourth-order valence-corrected chi connectivity index (χ4v) is 5.35. The number of hydrogen-bond acceptors (Lipinski definition) is 7. The van der Waals surface area contributed by atoms with Crippen LogP contribution in [0.5, 0.6) is 0 Å². The van der Waals surface area contributed by atoms with Gasteiger partial charge in [-0.15, -0.1) is 5.10 Å². The summed E-state index contributed by atoms with van der Waals surface area (Å²) in [6.07, 6.45) is 8.45. The Morgan fingerprint density at radius 2 is 2.00 bits per heavy atom. The highest BCUT2D eigenvalue weighted by Gasteiger charge is 2.22. The first-order chi connectivity index (χ1) is 14.6. The molecule has 30 heavy (non-hydrogen) atoms. The first kappa shape index (κ1) is 21.2. The van der Waals surface area contributed by atoms with Crippen molar-refractivity contribution in [3.8, 4) is 0 Å². The van der Waals surface area contributed by atoms with Crippen molar-refractivity contribution in [3.63, 3.8) is 0 Å². The summed E-state index contributed by atoms with van der Waals surface area (Å²) in [5.41, 5.74) is -0.126. The predicted molar refractivity (Wildman–Crippen MR) is 120 cm³/mol. The molecule has 4 heterocycles. The Kier molecular flexibility index (Phi) is 6.99. The molecule has 1 amide bonds. The molecular weight excluding hydrogens is 400 g/mol. The molecule has 2 aromatic heterocycles. The summed E-state index contributed by atoms with van der Waals surface area (Å²) in [7, 11) is 0. The van der Waals surface area contributed by atoms with Crippen molar-refractivity contribution in [2.45, 2.75) is 51.9 Å². The number of hydrogen-bond donors (Lipinski definition) is 1. The summed E-state index contributed by atoms with van der Waals surface area (Å²) in [5, 5.41) is 8.43. The van der Waals surface area contributed by atoms with Crippen LogP contribution in [0.3, 0.4) is 0 Å². The lowest BCUT2D eigenvalue weighted by atomic mass is 10.0. The van der Waals surface area contributed by atoms with Crippen molar-refractivity contribution in [1.82, 2.24) is 24.8 Å². The third-order valence-corrected chi connectivity index (χ3v) is 7.01. The van der Waals surface area contributed by atoms with E-state index in [9.17, 15) is 9.59 Å². The summed E-state index contributed by atoms with van der Waals surface area (Å²) < 4.78 is 1.53. The van der Waals surface area contributed by atoms with E-state index >= 15 is 0 Å². The molecule has 2 fully saturated rings. The third kappa shape index (κ3) is 5.18. The van der Waals surface area contributed by atoms with Gasteiger partial charge in [-0.25, -0.2) is 0 Å². The van der Waals surface area contributed by atoms with Gasteiger partial charge in [0.05, 0.1) is 0 Å². The lowest BCUT2D eigenvalue weighted by Crippen LogP contribution is -2.34. The smallest absolute Gasteiger partial charge is 0.274 e. The summed E-state index contributed by atoms with van der Waals surface area (Å²) in [6, 6.07) is 1.29. The Morgan fingerprint density at radius 3 is 2.77 bits per heavy atom. The van der Waals surface area contributed by atoms with Gasteiger partial charge in [-0.2, -0.15) is 9.50 Å². The minimum Gasteiger partial charge on any atom is -0.351 e. The van der Waals surface area contributed by atoms with E-state index in [4.69, 9.17) is 0 Å². The number of nitrogens with one attached hydrogen (secondary N) is 1. The van der Waals surface area contributed by atoms with Crippen molar-refractivity contribution >= 4 is 27.3 Å². The second-order valence-corrected chi connectivity index (χ2v) is 9.55. The third-order valence-electron chi connectivity index (χ3n) is 6.04. The molecule has 0 aliphatic carbocycles. The van der Waals surface area contributed by atoms with Crippen molar-refractivity contribution in [1.29, 1.82) is 0 Å². The van der Waals surface area contributed by atoms with E-state index in [1.54, 1.807) is 0 Å². The molecule has 0 saturated carbocycles. The molecule has 0 spiro atoms. The lowest BCUT2D eigenvalue weighted by Gasteiger charge is -2.30. The van der Waals surface area contributed by atoms with Crippen LogP contribution in [-0.2, 0) is 0 Å². The normalized spacial score (nSPS) is 21.0. The number of fused-ring (bicyclic) bond motifs is 1. The van der Waals surface area contributed by atoms with Gasteiger partial charge in [0.15, 0.2) is 0 Å². The van der Waals surface area contributed by atoms with Crippen molar-refractivity contribution in [2.24, 2.45) is 5.92 Å². The van der Waals surface area contributed by atoms with Crippen molar-refractivity contribution in [3.05, 3.63) is 22.1 Å². The lowest BCUT2D eigenvalue weighted by molar-refractivity contribution is 0.0944. The van der Waals surface area contributed by atoms with Gasteiger partial charge in [0.25, 0.3) is 11.5 Å². The molecule has 1 N–H and O–H groups in total. The topological polar surface area (TPSA) is 82.8 Å². The molecular formula is C21H32N6O2S. The number of likely N-dealkylation sites (tertiary alicyclic amines) is 1. The number of anilines is 1. The van der Waals surface area contributed by atoms with Gasteiger partial charge >= 0.3 is 0 Å². The first-order valence-electron chi connectivity index (χ1n) is 11.3. The zero-order valence-electron chi connectivity index (χ0n) is 17.8.